The zero-order chi connectivity index (χ0) is 11.4. The van der Waals surface area contributed by atoms with Crippen molar-refractivity contribution in [2.24, 2.45) is 0 Å². The number of halogens is 1. The smallest absolute Gasteiger partial charge is 0.153 e. The molecule has 0 atom stereocenters. The fourth-order valence-electron chi connectivity index (χ4n) is 2.77. The molecular weight excluding hydrogens is 264 g/mol. The second-order valence-corrected chi connectivity index (χ2v) is 5.13. The Morgan fingerprint density at radius 2 is 1.75 bits per heavy atom. The number of ketones is 1. The van der Waals surface area contributed by atoms with Gasteiger partial charge in [0.1, 0.15) is 0 Å². The van der Waals surface area contributed by atoms with Gasteiger partial charge in [-0.25, -0.2) is 0 Å². The Bertz CT molecular complexity index is 352. The summed E-state index contributed by atoms with van der Waals surface area (Å²) >= 11 is 3.33. The highest BCUT2D eigenvalue weighted by Gasteiger charge is 2.39. The number of Topliss-reactive ketones (excluding diaryl/α,β-unsaturated/α-hetero) is 1. The normalized spacial score (nSPS) is 19.3. The Morgan fingerprint density at radius 1 is 1.12 bits per heavy atom. The molecule has 0 amide bonds. The van der Waals surface area contributed by atoms with E-state index in [0.717, 1.165) is 12.8 Å². The van der Waals surface area contributed by atoms with Crippen molar-refractivity contribution in [2.75, 3.05) is 5.33 Å². The van der Waals surface area contributed by atoms with E-state index in [1.807, 2.05) is 18.2 Å². The number of carbonyl (C=O) groups is 1. The maximum absolute atomic E-state index is 12.2. The van der Waals surface area contributed by atoms with Crippen LogP contribution in [0.4, 0.5) is 0 Å². The van der Waals surface area contributed by atoms with E-state index in [1.165, 1.54) is 24.8 Å². The lowest BCUT2D eigenvalue weighted by Gasteiger charge is -2.36. The van der Waals surface area contributed by atoms with Crippen LogP contribution in [-0.4, -0.2) is 11.1 Å². The van der Waals surface area contributed by atoms with Crippen molar-refractivity contribution in [1.82, 2.24) is 0 Å². The van der Waals surface area contributed by atoms with Crippen LogP contribution < -0.4 is 0 Å². The molecule has 0 aromatic heterocycles. The summed E-state index contributed by atoms with van der Waals surface area (Å²) in [5, 5.41) is 0.474. The Balaban J connectivity index is 2.38. The average molecular weight is 281 g/mol. The van der Waals surface area contributed by atoms with Gasteiger partial charge in [0.25, 0.3) is 0 Å². The summed E-state index contributed by atoms with van der Waals surface area (Å²) in [5.41, 5.74) is 1.00. The van der Waals surface area contributed by atoms with Gasteiger partial charge >= 0.3 is 0 Å². The van der Waals surface area contributed by atoms with E-state index < -0.39 is 0 Å². The van der Waals surface area contributed by atoms with Crippen LogP contribution in [0.25, 0.3) is 0 Å². The first-order valence-electron chi connectivity index (χ1n) is 5.94. The standard InChI is InChI=1S/C14H17BrO/c15-11-13(16)14(9-5-2-6-10-14)12-7-3-1-4-8-12/h1,3-4,7-8H,2,5-6,9-11H2. The van der Waals surface area contributed by atoms with E-state index in [4.69, 9.17) is 0 Å². The fourth-order valence-corrected chi connectivity index (χ4v) is 3.31. The van der Waals surface area contributed by atoms with Gasteiger partial charge in [0.05, 0.1) is 10.7 Å². The predicted octanol–water partition coefficient (Wildman–Crippen LogP) is 3.85. The second-order valence-electron chi connectivity index (χ2n) is 4.57. The zero-order valence-corrected chi connectivity index (χ0v) is 11.0. The highest BCUT2D eigenvalue weighted by molar-refractivity contribution is 9.09. The molecule has 0 bridgehead atoms. The predicted molar refractivity (Wildman–Crippen MR) is 70.0 cm³/mol. The van der Waals surface area contributed by atoms with Gasteiger partial charge in [0.15, 0.2) is 5.78 Å². The molecule has 2 rings (SSSR count). The van der Waals surface area contributed by atoms with Crippen LogP contribution in [0, 0.1) is 0 Å². The summed E-state index contributed by atoms with van der Waals surface area (Å²) in [4.78, 5) is 12.2. The molecular formula is C14H17BrO. The molecule has 1 aliphatic carbocycles. The van der Waals surface area contributed by atoms with Crippen molar-refractivity contribution < 1.29 is 4.79 Å². The Hall–Kier alpha value is -0.630. The lowest BCUT2D eigenvalue weighted by Crippen LogP contribution is -2.38. The van der Waals surface area contributed by atoms with Crippen LogP contribution in [0.5, 0.6) is 0 Å². The number of alkyl halides is 1. The second kappa shape index (κ2) is 5.13. The minimum Gasteiger partial charge on any atom is -0.298 e. The van der Waals surface area contributed by atoms with Crippen molar-refractivity contribution in [1.29, 1.82) is 0 Å². The average Bonchev–Trinajstić information content (AvgIpc) is 2.39. The highest BCUT2D eigenvalue weighted by Crippen LogP contribution is 2.40. The molecule has 2 heteroatoms. The molecule has 1 saturated carbocycles. The number of hydrogen-bond acceptors (Lipinski definition) is 1. The van der Waals surface area contributed by atoms with Crippen molar-refractivity contribution in [3.63, 3.8) is 0 Å². The molecule has 1 aromatic rings. The number of hydrogen-bond donors (Lipinski definition) is 0. The molecule has 0 saturated heterocycles. The molecule has 0 spiro atoms. The van der Waals surface area contributed by atoms with Crippen LogP contribution in [0.2, 0.25) is 0 Å². The van der Waals surface area contributed by atoms with E-state index in [2.05, 4.69) is 28.1 Å². The summed E-state index contributed by atoms with van der Waals surface area (Å²) in [7, 11) is 0. The van der Waals surface area contributed by atoms with Gasteiger partial charge in [-0.15, -0.1) is 0 Å². The fraction of sp³-hybridized carbons (Fsp3) is 0.500. The van der Waals surface area contributed by atoms with E-state index in [9.17, 15) is 4.79 Å². The van der Waals surface area contributed by atoms with Crippen molar-refractivity contribution in [2.45, 2.75) is 37.5 Å². The van der Waals surface area contributed by atoms with Crippen LogP contribution in [0.3, 0.4) is 0 Å². The monoisotopic (exact) mass is 280 g/mol. The highest BCUT2D eigenvalue weighted by atomic mass is 79.9. The summed E-state index contributed by atoms with van der Waals surface area (Å²) in [6.45, 7) is 0. The third-order valence-corrected chi connectivity index (χ3v) is 4.20. The van der Waals surface area contributed by atoms with Gasteiger partial charge in [-0.05, 0) is 18.4 Å². The molecule has 0 heterocycles. The van der Waals surface area contributed by atoms with Gasteiger partial charge in [-0.2, -0.15) is 0 Å². The van der Waals surface area contributed by atoms with Gasteiger partial charge < -0.3 is 0 Å². The summed E-state index contributed by atoms with van der Waals surface area (Å²) in [6.07, 6.45) is 5.65. The van der Waals surface area contributed by atoms with Gasteiger partial charge in [-0.3, -0.25) is 4.79 Å². The van der Waals surface area contributed by atoms with Crippen LogP contribution in [0.15, 0.2) is 30.3 Å². The Morgan fingerprint density at radius 3 is 2.31 bits per heavy atom. The topological polar surface area (TPSA) is 17.1 Å². The number of carbonyl (C=O) groups excluding carboxylic acids is 1. The van der Waals surface area contributed by atoms with Gasteiger partial charge in [0, 0.05) is 0 Å². The largest absolute Gasteiger partial charge is 0.298 e. The minimum absolute atomic E-state index is 0.205. The quantitative estimate of drug-likeness (QED) is 0.769. The summed E-state index contributed by atoms with van der Waals surface area (Å²) in [5.74, 6) is 0.346. The molecule has 1 aromatic carbocycles. The number of rotatable bonds is 3. The molecule has 0 unspecified atom stereocenters. The van der Waals surface area contributed by atoms with Crippen molar-refractivity contribution in [3.8, 4) is 0 Å². The molecule has 1 aliphatic rings. The van der Waals surface area contributed by atoms with E-state index in [-0.39, 0.29) is 5.41 Å². The lowest BCUT2D eigenvalue weighted by molar-refractivity contribution is -0.123. The van der Waals surface area contributed by atoms with E-state index >= 15 is 0 Å². The third kappa shape index (κ3) is 2.08. The summed E-state index contributed by atoms with van der Waals surface area (Å²) < 4.78 is 0. The zero-order valence-electron chi connectivity index (χ0n) is 9.42. The molecule has 0 N–H and O–H groups in total. The molecule has 1 nitrogen and oxygen atoms in total. The first-order valence-corrected chi connectivity index (χ1v) is 7.06. The molecule has 86 valence electrons. The van der Waals surface area contributed by atoms with Crippen molar-refractivity contribution >= 4 is 21.7 Å². The van der Waals surface area contributed by atoms with Crippen molar-refractivity contribution in [3.05, 3.63) is 35.9 Å². The minimum atomic E-state index is -0.205. The maximum atomic E-state index is 12.2. The van der Waals surface area contributed by atoms with Crippen LogP contribution >= 0.6 is 15.9 Å². The van der Waals surface area contributed by atoms with E-state index in [0.29, 0.717) is 11.1 Å². The summed E-state index contributed by atoms with van der Waals surface area (Å²) in [6, 6.07) is 10.3. The first-order chi connectivity index (χ1) is 7.79. The third-order valence-electron chi connectivity index (χ3n) is 3.69. The number of benzene rings is 1. The molecule has 16 heavy (non-hydrogen) atoms. The SMILES string of the molecule is O=C(CBr)C1(c2ccccc2)CCCCC1. The van der Waals surface area contributed by atoms with Gasteiger partial charge in [-0.1, -0.05) is 65.5 Å². The first kappa shape index (κ1) is 11.8. The Kier molecular flexibility index (Phi) is 3.80. The van der Waals surface area contributed by atoms with E-state index in [1.54, 1.807) is 0 Å². The lowest BCUT2D eigenvalue weighted by atomic mass is 9.67. The van der Waals surface area contributed by atoms with Gasteiger partial charge in [0.2, 0.25) is 0 Å². The van der Waals surface area contributed by atoms with Crippen LogP contribution in [-0.2, 0) is 10.2 Å². The van der Waals surface area contributed by atoms with Crippen LogP contribution in [0.1, 0.15) is 37.7 Å². The maximum Gasteiger partial charge on any atom is 0.153 e. The molecule has 0 radical (unpaired) electrons. The molecule has 0 aliphatic heterocycles. The Labute approximate surface area is 105 Å². The molecule has 1 fully saturated rings.